The van der Waals surface area contributed by atoms with E-state index in [9.17, 15) is 23.2 Å². The van der Waals surface area contributed by atoms with Gasteiger partial charge in [0.2, 0.25) is 0 Å². The van der Waals surface area contributed by atoms with E-state index in [-0.39, 0.29) is 42.3 Å². The van der Waals surface area contributed by atoms with E-state index in [1.54, 1.807) is 24.5 Å². The van der Waals surface area contributed by atoms with Gasteiger partial charge in [0.05, 0.1) is 10.5 Å². The molecule has 9 nitrogen and oxygen atoms in total. The van der Waals surface area contributed by atoms with Crippen molar-refractivity contribution in [3.8, 4) is 17.6 Å². The topological polar surface area (TPSA) is 133 Å². The number of carboxylic acid groups (broad SMARTS) is 1. The van der Waals surface area contributed by atoms with Gasteiger partial charge in [-0.3, -0.25) is 14.9 Å². The lowest BCUT2D eigenvalue weighted by Gasteiger charge is -2.39. The molecule has 1 saturated heterocycles. The predicted octanol–water partition coefficient (Wildman–Crippen LogP) is 2.52. The highest BCUT2D eigenvalue weighted by Gasteiger charge is 2.52. The average Bonchev–Trinajstić information content (AvgIpc) is 2.85. The van der Waals surface area contributed by atoms with Crippen molar-refractivity contribution in [2.24, 2.45) is 0 Å². The zero-order valence-electron chi connectivity index (χ0n) is 19.1. The van der Waals surface area contributed by atoms with Crippen molar-refractivity contribution < 1.29 is 33.1 Å². The number of halogens is 1. The van der Waals surface area contributed by atoms with Crippen molar-refractivity contribution in [2.75, 3.05) is 19.7 Å². The van der Waals surface area contributed by atoms with Crippen molar-refractivity contribution in [2.45, 2.75) is 36.0 Å². The third kappa shape index (κ3) is 6.13. The molecule has 0 aromatic heterocycles. The Balaban J connectivity index is 0.00000432. The first-order valence-electron chi connectivity index (χ1n) is 10.6. The molecule has 0 aliphatic carbocycles. The molecule has 35 heavy (non-hydrogen) atoms. The summed E-state index contributed by atoms with van der Waals surface area (Å²) < 4.78 is 30.7. The lowest BCUT2D eigenvalue weighted by Crippen LogP contribution is -2.57. The number of nitrogens with one attached hydrogen (secondary N) is 1. The maximum atomic E-state index is 13.5. The standard InChI is InChI=1S/C24H26N2O7S.ClH/c1-2-3-16-33-20-8-10-21(11-9-20)34(31,32)24(23(29)25-30)12-14-26(15-13-24)17-18-4-6-19(7-5-18)22(27)28;/h4-11,30H,12-17H2,1H3,(H,25,29)(H,27,28);1H. The number of amides is 1. The number of ether oxygens (including phenoxy) is 1. The van der Waals surface area contributed by atoms with Crippen LogP contribution in [0.2, 0.25) is 0 Å². The Kier molecular flexibility index (Phi) is 9.68. The lowest BCUT2D eigenvalue weighted by atomic mass is 9.94. The van der Waals surface area contributed by atoms with Crippen molar-refractivity contribution in [3.05, 3.63) is 59.7 Å². The minimum Gasteiger partial charge on any atom is -0.481 e. The normalized spacial score (nSPS) is 15.1. The van der Waals surface area contributed by atoms with Gasteiger partial charge in [-0.05, 0) is 61.7 Å². The fourth-order valence-corrected chi connectivity index (χ4v) is 5.89. The fraction of sp³-hybridized carbons (Fsp3) is 0.333. The van der Waals surface area contributed by atoms with Gasteiger partial charge in [-0.1, -0.05) is 18.1 Å². The zero-order chi connectivity index (χ0) is 24.8. The second-order valence-corrected chi connectivity index (χ2v) is 10.2. The molecule has 11 heteroatoms. The van der Waals surface area contributed by atoms with Crippen molar-refractivity contribution >= 4 is 34.1 Å². The smallest absolute Gasteiger partial charge is 0.335 e. The SMILES string of the molecule is CC#CCOc1ccc(S(=O)(=O)C2(C(=O)NO)CCN(Cc3ccc(C(=O)O)cc3)CC2)cc1.Cl. The first kappa shape index (κ1) is 28.1. The highest BCUT2D eigenvalue weighted by molar-refractivity contribution is 7.93. The van der Waals surface area contributed by atoms with Gasteiger partial charge >= 0.3 is 5.97 Å². The lowest BCUT2D eigenvalue weighted by molar-refractivity contribution is -0.133. The third-order valence-electron chi connectivity index (χ3n) is 5.92. The Morgan fingerprint density at radius 3 is 2.20 bits per heavy atom. The van der Waals surface area contributed by atoms with Gasteiger partial charge in [0.25, 0.3) is 5.91 Å². The number of piperidine rings is 1. The van der Waals surface area contributed by atoms with Crippen LogP contribution in [0.4, 0.5) is 0 Å². The van der Waals surface area contributed by atoms with E-state index in [1.165, 1.54) is 36.4 Å². The van der Waals surface area contributed by atoms with E-state index >= 15 is 0 Å². The molecule has 3 N–H and O–H groups in total. The first-order valence-corrected chi connectivity index (χ1v) is 12.1. The largest absolute Gasteiger partial charge is 0.481 e. The summed E-state index contributed by atoms with van der Waals surface area (Å²) in [5, 5.41) is 18.4. The molecule has 0 spiro atoms. The van der Waals surface area contributed by atoms with Crippen LogP contribution in [-0.2, 0) is 21.2 Å². The van der Waals surface area contributed by atoms with Crippen molar-refractivity contribution in [1.29, 1.82) is 0 Å². The van der Waals surface area contributed by atoms with Crippen LogP contribution in [0.1, 0.15) is 35.7 Å². The second kappa shape index (κ2) is 12.0. The number of hydroxylamine groups is 1. The predicted molar refractivity (Wildman–Crippen MR) is 130 cm³/mol. The quantitative estimate of drug-likeness (QED) is 0.273. The van der Waals surface area contributed by atoms with Gasteiger partial charge in [0.1, 0.15) is 12.4 Å². The van der Waals surface area contributed by atoms with E-state index in [1.807, 2.05) is 4.90 Å². The number of carboxylic acids is 1. The molecular weight excluding hydrogens is 496 g/mol. The average molecular weight is 523 g/mol. The summed E-state index contributed by atoms with van der Waals surface area (Å²) in [7, 11) is -4.14. The molecule has 2 aromatic carbocycles. The number of carbonyl (C=O) groups is 2. The van der Waals surface area contributed by atoms with E-state index in [2.05, 4.69) is 11.8 Å². The summed E-state index contributed by atoms with van der Waals surface area (Å²) in [6, 6.07) is 12.2. The summed E-state index contributed by atoms with van der Waals surface area (Å²) in [6.45, 7) is 2.93. The van der Waals surface area contributed by atoms with Gasteiger partial charge in [-0.25, -0.2) is 18.7 Å². The summed E-state index contributed by atoms with van der Waals surface area (Å²) in [5.74, 6) is 3.93. The van der Waals surface area contributed by atoms with Crippen LogP contribution in [0.15, 0.2) is 53.4 Å². The highest BCUT2D eigenvalue weighted by atomic mass is 35.5. The van der Waals surface area contributed by atoms with Crippen LogP contribution in [0, 0.1) is 11.8 Å². The number of aromatic carboxylic acids is 1. The molecule has 1 fully saturated rings. The van der Waals surface area contributed by atoms with Crippen LogP contribution in [0.25, 0.3) is 0 Å². The molecule has 1 aliphatic heterocycles. The Morgan fingerprint density at radius 1 is 1.09 bits per heavy atom. The molecule has 0 bridgehead atoms. The number of sulfone groups is 1. The molecule has 0 unspecified atom stereocenters. The molecule has 0 radical (unpaired) electrons. The molecule has 3 rings (SSSR count). The number of rotatable bonds is 8. The van der Waals surface area contributed by atoms with Crippen LogP contribution < -0.4 is 10.2 Å². The van der Waals surface area contributed by atoms with E-state index < -0.39 is 26.5 Å². The Morgan fingerprint density at radius 2 is 1.69 bits per heavy atom. The Hall–Kier alpha value is -3.10. The van der Waals surface area contributed by atoms with E-state index in [4.69, 9.17) is 9.84 Å². The summed E-state index contributed by atoms with van der Waals surface area (Å²) >= 11 is 0. The van der Waals surface area contributed by atoms with Crippen molar-refractivity contribution in [1.82, 2.24) is 10.4 Å². The van der Waals surface area contributed by atoms with Gasteiger partial charge in [-0.2, -0.15) is 0 Å². The van der Waals surface area contributed by atoms with Crippen LogP contribution in [0.3, 0.4) is 0 Å². The molecule has 2 aromatic rings. The van der Waals surface area contributed by atoms with Crippen molar-refractivity contribution in [3.63, 3.8) is 0 Å². The molecule has 1 aliphatic rings. The number of carbonyl (C=O) groups excluding carboxylic acids is 1. The van der Waals surface area contributed by atoms with Gasteiger partial charge in [-0.15, -0.1) is 18.3 Å². The fourth-order valence-electron chi connectivity index (χ4n) is 3.94. The van der Waals surface area contributed by atoms with Gasteiger partial charge in [0, 0.05) is 19.6 Å². The Bertz CT molecular complexity index is 1200. The maximum Gasteiger partial charge on any atom is 0.335 e. The molecule has 0 saturated carbocycles. The van der Waals surface area contributed by atoms with Gasteiger partial charge < -0.3 is 9.84 Å². The van der Waals surface area contributed by atoms with E-state index in [0.717, 1.165) is 5.56 Å². The summed E-state index contributed by atoms with van der Waals surface area (Å²) in [5.41, 5.74) is 2.60. The molecule has 0 atom stereocenters. The van der Waals surface area contributed by atoms with Crippen LogP contribution in [-0.4, -0.2) is 60.0 Å². The third-order valence-corrected chi connectivity index (χ3v) is 8.44. The number of hydrogen-bond acceptors (Lipinski definition) is 7. The number of likely N-dealkylation sites (tertiary alicyclic amines) is 1. The molecular formula is C24H27ClN2O7S. The second-order valence-electron chi connectivity index (χ2n) is 7.90. The summed E-state index contributed by atoms with van der Waals surface area (Å²) in [4.78, 5) is 25.6. The highest BCUT2D eigenvalue weighted by Crippen LogP contribution is 2.37. The van der Waals surface area contributed by atoms with Gasteiger partial charge in [0.15, 0.2) is 14.6 Å². The minimum absolute atomic E-state index is 0. The molecule has 188 valence electrons. The monoisotopic (exact) mass is 522 g/mol. The zero-order valence-corrected chi connectivity index (χ0v) is 20.7. The van der Waals surface area contributed by atoms with Crippen LogP contribution in [0.5, 0.6) is 5.75 Å². The maximum absolute atomic E-state index is 13.5. The van der Waals surface area contributed by atoms with E-state index in [0.29, 0.717) is 25.4 Å². The molecule has 1 heterocycles. The number of benzene rings is 2. The minimum atomic E-state index is -4.14. The van der Waals surface area contributed by atoms with Crippen LogP contribution >= 0.6 is 12.4 Å². The summed E-state index contributed by atoms with van der Waals surface area (Å²) in [6.07, 6.45) is -0.0292. The Labute approximate surface area is 210 Å². The molecule has 1 amide bonds. The number of nitrogens with zero attached hydrogens (tertiary/aromatic N) is 1. The number of hydrogen-bond donors (Lipinski definition) is 3. The first-order chi connectivity index (χ1) is 16.2.